The summed E-state index contributed by atoms with van der Waals surface area (Å²) in [6, 6.07) is 16.3. The number of fused-ring (bicyclic) bond motifs is 1. The number of carbonyl (C=O) groups is 1. The lowest BCUT2D eigenvalue weighted by Gasteiger charge is -2.34. The predicted molar refractivity (Wildman–Crippen MR) is 153 cm³/mol. The minimum absolute atomic E-state index is 0.137. The van der Waals surface area contributed by atoms with Crippen LogP contribution in [0.15, 0.2) is 60.8 Å². The minimum atomic E-state index is -0.570. The summed E-state index contributed by atoms with van der Waals surface area (Å²) in [5.41, 5.74) is 2.64. The first-order chi connectivity index (χ1) is 18.4. The summed E-state index contributed by atoms with van der Waals surface area (Å²) < 4.78 is 24.0. The van der Waals surface area contributed by atoms with Gasteiger partial charge in [0, 0.05) is 23.4 Å². The molecule has 8 nitrogen and oxygen atoms in total. The summed E-state index contributed by atoms with van der Waals surface area (Å²) in [6.45, 7) is 11.1. The van der Waals surface area contributed by atoms with Gasteiger partial charge in [-0.15, -0.1) is 0 Å². The van der Waals surface area contributed by atoms with Gasteiger partial charge in [0.25, 0.3) is 0 Å². The van der Waals surface area contributed by atoms with Crippen LogP contribution in [0.25, 0.3) is 16.9 Å². The number of nitrogens with one attached hydrogen (secondary N) is 1. The van der Waals surface area contributed by atoms with Crippen LogP contribution in [0, 0.1) is 5.41 Å². The molecule has 0 saturated heterocycles. The van der Waals surface area contributed by atoms with Crippen LogP contribution in [0.5, 0.6) is 23.0 Å². The number of ether oxygens (including phenoxy) is 4. The molecule has 8 heteroatoms. The first-order valence-electron chi connectivity index (χ1n) is 12.8. The van der Waals surface area contributed by atoms with Crippen molar-refractivity contribution in [2.75, 3.05) is 26.6 Å². The van der Waals surface area contributed by atoms with Crippen LogP contribution < -0.4 is 24.3 Å². The third-order valence-electron chi connectivity index (χ3n) is 6.23. The van der Waals surface area contributed by atoms with Gasteiger partial charge in [-0.25, -0.2) is 9.78 Å². The van der Waals surface area contributed by atoms with E-state index in [1.54, 1.807) is 38.5 Å². The molecule has 2 aromatic carbocycles. The molecule has 0 aliphatic heterocycles. The lowest BCUT2D eigenvalue weighted by molar-refractivity contribution is 0.0726. The minimum Gasteiger partial charge on any atom is -0.497 e. The molecule has 1 N–H and O–H groups in total. The van der Waals surface area contributed by atoms with E-state index >= 15 is 0 Å². The van der Waals surface area contributed by atoms with E-state index in [1.165, 1.54) is 7.11 Å². The number of hydrogen-bond acceptors (Lipinski definition) is 7. The fraction of sp³-hybridized carbons (Fsp3) is 0.355. The second-order valence-electron chi connectivity index (χ2n) is 11.3. The maximum atomic E-state index is 13.0. The van der Waals surface area contributed by atoms with E-state index in [0.717, 1.165) is 29.1 Å². The Morgan fingerprint density at radius 1 is 0.872 bits per heavy atom. The van der Waals surface area contributed by atoms with Gasteiger partial charge in [-0.05, 0) is 68.1 Å². The summed E-state index contributed by atoms with van der Waals surface area (Å²) in [7, 11) is 4.58. The first kappa shape index (κ1) is 27.8. The molecule has 0 bridgehead atoms. The molecule has 0 aliphatic rings. The van der Waals surface area contributed by atoms with E-state index in [2.05, 4.69) is 44.3 Å². The average molecular weight is 532 g/mol. The highest BCUT2D eigenvalue weighted by molar-refractivity contribution is 5.94. The molecule has 0 saturated carbocycles. The molecule has 2 aromatic heterocycles. The monoisotopic (exact) mass is 531 g/mol. The Bertz CT molecular complexity index is 1480. The molecule has 0 spiro atoms. The van der Waals surface area contributed by atoms with E-state index in [1.807, 2.05) is 36.5 Å². The molecule has 0 unspecified atom stereocenters. The lowest BCUT2D eigenvalue weighted by Crippen LogP contribution is -2.36. The maximum absolute atomic E-state index is 13.0. The Balaban J connectivity index is 1.70. The van der Waals surface area contributed by atoms with E-state index in [9.17, 15) is 4.79 Å². The van der Waals surface area contributed by atoms with Crippen molar-refractivity contribution in [3.63, 3.8) is 0 Å². The Morgan fingerprint density at radius 3 is 2.28 bits per heavy atom. The topological polar surface area (TPSA) is 83.3 Å². The van der Waals surface area contributed by atoms with Crippen LogP contribution >= 0.6 is 0 Å². The smallest absolute Gasteiger partial charge is 0.347 e. The van der Waals surface area contributed by atoms with Gasteiger partial charge in [-0.2, -0.15) is 0 Å². The van der Waals surface area contributed by atoms with Crippen molar-refractivity contribution in [3.05, 3.63) is 66.4 Å². The molecule has 4 aromatic rings. The Morgan fingerprint density at radius 2 is 1.62 bits per heavy atom. The van der Waals surface area contributed by atoms with Crippen LogP contribution in [0.4, 0.5) is 5.82 Å². The molecule has 0 radical (unpaired) electrons. The van der Waals surface area contributed by atoms with E-state index < -0.39 is 5.97 Å². The summed E-state index contributed by atoms with van der Waals surface area (Å²) >= 11 is 0. The fourth-order valence-electron chi connectivity index (χ4n) is 5.03. The predicted octanol–water partition coefficient (Wildman–Crippen LogP) is 6.87. The number of aromatic nitrogens is 2. The standard InChI is InChI=1S/C31H37N3O5/c1-30(2,3)19-31(4,5)33-28-27(32-26-11-9-10-16-34(26)28)20-12-15-23(25(17-20)38-8)39-29(35)22-14-13-21(36-6)18-24(22)37-7/h9-18,33H,19H2,1-8H3. The van der Waals surface area contributed by atoms with E-state index in [0.29, 0.717) is 17.2 Å². The molecule has 0 amide bonds. The van der Waals surface area contributed by atoms with Crippen LogP contribution in [-0.4, -0.2) is 42.2 Å². The first-order valence-corrected chi connectivity index (χ1v) is 12.8. The van der Waals surface area contributed by atoms with Crippen LogP contribution in [-0.2, 0) is 0 Å². The zero-order valence-electron chi connectivity index (χ0n) is 23.9. The van der Waals surface area contributed by atoms with E-state index in [-0.39, 0.29) is 22.3 Å². The van der Waals surface area contributed by atoms with Crippen LogP contribution in [0.1, 0.15) is 51.4 Å². The largest absolute Gasteiger partial charge is 0.497 e. The number of anilines is 1. The van der Waals surface area contributed by atoms with Gasteiger partial charge < -0.3 is 24.3 Å². The van der Waals surface area contributed by atoms with E-state index in [4.69, 9.17) is 23.9 Å². The highest BCUT2D eigenvalue weighted by atomic mass is 16.6. The molecule has 206 valence electrons. The van der Waals surface area contributed by atoms with Crippen molar-refractivity contribution in [2.45, 2.75) is 46.6 Å². The quantitative estimate of drug-likeness (QED) is 0.186. The third-order valence-corrected chi connectivity index (χ3v) is 6.23. The second-order valence-corrected chi connectivity index (χ2v) is 11.3. The van der Waals surface area contributed by atoms with Crippen molar-refractivity contribution < 1.29 is 23.7 Å². The van der Waals surface area contributed by atoms with Crippen molar-refractivity contribution in [1.29, 1.82) is 0 Å². The van der Waals surface area contributed by atoms with Gasteiger partial charge in [0.1, 0.15) is 34.2 Å². The maximum Gasteiger partial charge on any atom is 0.347 e. The molecular formula is C31H37N3O5. The Labute approximate surface area is 229 Å². The summed E-state index contributed by atoms with van der Waals surface area (Å²) in [5.74, 6) is 1.94. The molecular weight excluding hydrogens is 494 g/mol. The van der Waals surface area contributed by atoms with Gasteiger partial charge in [0.05, 0.1) is 21.3 Å². The van der Waals surface area contributed by atoms with Crippen molar-refractivity contribution in [2.24, 2.45) is 5.41 Å². The number of pyridine rings is 1. The number of benzene rings is 2. The second kappa shape index (κ2) is 10.9. The van der Waals surface area contributed by atoms with Gasteiger partial charge in [-0.1, -0.05) is 26.8 Å². The lowest BCUT2D eigenvalue weighted by atomic mass is 9.82. The number of methoxy groups -OCH3 is 3. The Kier molecular flexibility index (Phi) is 7.77. The van der Waals surface area contributed by atoms with Crippen molar-refractivity contribution in [3.8, 4) is 34.3 Å². The number of nitrogens with zero attached hydrogens (tertiary/aromatic N) is 2. The molecule has 0 aliphatic carbocycles. The summed E-state index contributed by atoms with van der Waals surface area (Å²) in [5, 5.41) is 3.74. The number of imidazole rings is 1. The zero-order valence-corrected chi connectivity index (χ0v) is 23.9. The van der Waals surface area contributed by atoms with Crippen molar-refractivity contribution >= 4 is 17.4 Å². The normalized spacial score (nSPS) is 11.8. The molecule has 2 heterocycles. The Hall–Kier alpha value is -4.20. The van der Waals surface area contributed by atoms with Gasteiger partial charge >= 0.3 is 5.97 Å². The number of rotatable bonds is 9. The molecule has 39 heavy (non-hydrogen) atoms. The van der Waals surface area contributed by atoms with Gasteiger partial charge in [0.15, 0.2) is 11.5 Å². The third kappa shape index (κ3) is 6.28. The molecule has 0 fully saturated rings. The zero-order chi connectivity index (χ0) is 28.4. The number of carbonyl (C=O) groups excluding carboxylic acids is 1. The van der Waals surface area contributed by atoms with Gasteiger partial charge in [-0.3, -0.25) is 4.40 Å². The van der Waals surface area contributed by atoms with Gasteiger partial charge in [0.2, 0.25) is 0 Å². The molecule has 4 rings (SSSR count). The summed E-state index contributed by atoms with van der Waals surface area (Å²) in [6.07, 6.45) is 2.95. The fourth-order valence-corrected chi connectivity index (χ4v) is 5.03. The van der Waals surface area contributed by atoms with Crippen LogP contribution in [0.2, 0.25) is 0 Å². The SMILES string of the molecule is COc1ccc(C(=O)Oc2ccc(-c3nc4ccccn4c3NC(C)(C)CC(C)(C)C)cc2OC)c(OC)c1. The highest BCUT2D eigenvalue weighted by Gasteiger charge is 2.28. The summed E-state index contributed by atoms with van der Waals surface area (Å²) in [4.78, 5) is 18.0. The van der Waals surface area contributed by atoms with Crippen molar-refractivity contribution in [1.82, 2.24) is 9.38 Å². The molecule has 0 atom stereocenters. The van der Waals surface area contributed by atoms with Crippen LogP contribution in [0.3, 0.4) is 0 Å². The number of hydrogen-bond donors (Lipinski definition) is 1. The average Bonchev–Trinajstić information content (AvgIpc) is 3.24. The number of esters is 1. The highest BCUT2D eigenvalue weighted by Crippen LogP contribution is 2.38.